The third-order valence-corrected chi connectivity index (χ3v) is 6.28. The Morgan fingerprint density at radius 1 is 0.968 bits per heavy atom. The fraction of sp³-hybridized carbons (Fsp3) is 0.217. The SMILES string of the molecule is Cc1nc(-c2ccccc2)sc1C(=O)NNC(=O)c1ccc(N2CCCCC2=O)cc1. The number of piperidine rings is 1. The van der Waals surface area contributed by atoms with Gasteiger partial charge >= 0.3 is 0 Å². The molecule has 0 radical (unpaired) electrons. The van der Waals surface area contributed by atoms with Crippen LogP contribution in [0, 0.1) is 6.92 Å². The number of carbonyl (C=O) groups is 3. The van der Waals surface area contributed by atoms with E-state index in [0.717, 1.165) is 29.1 Å². The predicted octanol–water partition coefficient (Wildman–Crippen LogP) is 3.71. The Morgan fingerprint density at radius 2 is 1.68 bits per heavy atom. The van der Waals surface area contributed by atoms with Crippen LogP contribution in [0.4, 0.5) is 5.69 Å². The number of aromatic nitrogens is 1. The maximum absolute atomic E-state index is 12.5. The third kappa shape index (κ3) is 4.64. The predicted molar refractivity (Wildman–Crippen MR) is 120 cm³/mol. The lowest BCUT2D eigenvalue weighted by atomic mass is 10.1. The fourth-order valence-electron chi connectivity index (χ4n) is 3.43. The molecule has 0 bridgehead atoms. The Hall–Kier alpha value is -3.52. The first-order valence-corrected chi connectivity index (χ1v) is 10.9. The van der Waals surface area contributed by atoms with Gasteiger partial charge in [0.15, 0.2) is 0 Å². The van der Waals surface area contributed by atoms with Crippen LogP contribution in [0.3, 0.4) is 0 Å². The van der Waals surface area contributed by atoms with E-state index >= 15 is 0 Å². The first-order valence-electron chi connectivity index (χ1n) is 10.1. The molecule has 1 saturated heterocycles. The van der Waals surface area contributed by atoms with E-state index in [9.17, 15) is 14.4 Å². The van der Waals surface area contributed by atoms with E-state index in [0.29, 0.717) is 29.1 Å². The molecule has 0 aliphatic carbocycles. The van der Waals surface area contributed by atoms with Gasteiger partial charge in [0.1, 0.15) is 9.88 Å². The molecule has 7 nitrogen and oxygen atoms in total. The molecule has 0 atom stereocenters. The lowest BCUT2D eigenvalue weighted by Crippen LogP contribution is -2.41. The zero-order chi connectivity index (χ0) is 21.8. The summed E-state index contributed by atoms with van der Waals surface area (Å²) in [6, 6.07) is 16.4. The van der Waals surface area contributed by atoms with Gasteiger partial charge in [0.05, 0.1) is 5.69 Å². The van der Waals surface area contributed by atoms with E-state index in [2.05, 4.69) is 15.8 Å². The van der Waals surface area contributed by atoms with Crippen LogP contribution in [0.1, 0.15) is 45.0 Å². The molecular weight excluding hydrogens is 412 g/mol. The van der Waals surface area contributed by atoms with Crippen LogP contribution < -0.4 is 15.8 Å². The highest BCUT2D eigenvalue weighted by molar-refractivity contribution is 7.17. The van der Waals surface area contributed by atoms with E-state index in [1.54, 1.807) is 36.1 Å². The molecule has 0 spiro atoms. The van der Waals surface area contributed by atoms with Gasteiger partial charge in [-0.3, -0.25) is 25.2 Å². The number of hydrogen-bond donors (Lipinski definition) is 2. The monoisotopic (exact) mass is 434 g/mol. The number of nitrogens with one attached hydrogen (secondary N) is 2. The van der Waals surface area contributed by atoms with Gasteiger partial charge < -0.3 is 4.90 Å². The molecule has 8 heteroatoms. The molecule has 2 N–H and O–H groups in total. The lowest BCUT2D eigenvalue weighted by Gasteiger charge is -2.26. The highest BCUT2D eigenvalue weighted by Gasteiger charge is 2.20. The standard InChI is InChI=1S/C23H22N4O3S/c1-15-20(31-23(24-15)17-7-3-2-4-8-17)22(30)26-25-21(29)16-10-12-18(13-11-16)27-14-6-5-9-19(27)28/h2-4,7-8,10-13H,5-6,9,14H2,1H3,(H,25,29)(H,26,30). The van der Waals surface area contributed by atoms with Crippen LogP contribution in [-0.4, -0.2) is 29.3 Å². The minimum absolute atomic E-state index is 0.102. The maximum Gasteiger partial charge on any atom is 0.281 e. The Balaban J connectivity index is 1.38. The van der Waals surface area contributed by atoms with Crippen molar-refractivity contribution in [2.75, 3.05) is 11.4 Å². The second-order valence-corrected chi connectivity index (χ2v) is 8.26. The molecule has 0 saturated carbocycles. The number of anilines is 1. The Labute approximate surface area is 184 Å². The zero-order valence-corrected chi connectivity index (χ0v) is 17.9. The normalized spacial score (nSPS) is 13.7. The summed E-state index contributed by atoms with van der Waals surface area (Å²) < 4.78 is 0. The summed E-state index contributed by atoms with van der Waals surface area (Å²) in [7, 11) is 0. The average Bonchev–Trinajstić information content (AvgIpc) is 3.20. The van der Waals surface area contributed by atoms with Crippen LogP contribution >= 0.6 is 11.3 Å². The molecule has 2 heterocycles. The summed E-state index contributed by atoms with van der Waals surface area (Å²) in [5, 5.41) is 0.748. The van der Waals surface area contributed by atoms with Gasteiger partial charge in [0, 0.05) is 29.8 Å². The molecule has 4 rings (SSSR count). The highest BCUT2D eigenvalue weighted by atomic mass is 32.1. The van der Waals surface area contributed by atoms with Gasteiger partial charge in [-0.25, -0.2) is 4.98 Å². The molecular formula is C23H22N4O3S. The van der Waals surface area contributed by atoms with Crippen molar-refractivity contribution in [3.05, 3.63) is 70.7 Å². The van der Waals surface area contributed by atoms with Gasteiger partial charge in [0.25, 0.3) is 11.8 Å². The summed E-state index contributed by atoms with van der Waals surface area (Å²) in [4.78, 5) is 43.7. The molecule has 3 amide bonds. The molecule has 2 aromatic carbocycles. The molecule has 0 unspecified atom stereocenters. The molecule has 3 aromatic rings. The summed E-state index contributed by atoms with van der Waals surface area (Å²) >= 11 is 1.27. The fourth-order valence-corrected chi connectivity index (χ4v) is 4.39. The van der Waals surface area contributed by atoms with Crippen molar-refractivity contribution in [2.45, 2.75) is 26.2 Å². The van der Waals surface area contributed by atoms with Crippen molar-refractivity contribution in [2.24, 2.45) is 0 Å². The molecule has 1 aromatic heterocycles. The number of thiazole rings is 1. The van der Waals surface area contributed by atoms with Gasteiger partial charge in [-0.05, 0) is 44.0 Å². The van der Waals surface area contributed by atoms with Crippen molar-refractivity contribution in [1.29, 1.82) is 0 Å². The summed E-state index contributed by atoms with van der Waals surface area (Å²) in [5.41, 5.74) is 7.60. The first kappa shape index (κ1) is 20.7. The number of hydrogen-bond acceptors (Lipinski definition) is 5. The summed E-state index contributed by atoms with van der Waals surface area (Å²) in [6.07, 6.45) is 2.45. The number of benzene rings is 2. The summed E-state index contributed by atoms with van der Waals surface area (Å²) in [6.45, 7) is 2.46. The first-order chi connectivity index (χ1) is 15.0. The average molecular weight is 435 g/mol. The highest BCUT2D eigenvalue weighted by Crippen LogP contribution is 2.27. The number of amides is 3. The third-order valence-electron chi connectivity index (χ3n) is 5.08. The van der Waals surface area contributed by atoms with Crippen molar-refractivity contribution in [3.63, 3.8) is 0 Å². The smallest absolute Gasteiger partial charge is 0.281 e. The van der Waals surface area contributed by atoms with Gasteiger partial charge in [-0.15, -0.1) is 11.3 Å². The minimum Gasteiger partial charge on any atom is -0.312 e. The number of carbonyl (C=O) groups excluding carboxylic acids is 3. The number of hydrazine groups is 1. The molecule has 1 aliphatic heterocycles. The molecule has 1 aliphatic rings. The Morgan fingerprint density at radius 3 is 2.39 bits per heavy atom. The second kappa shape index (κ2) is 9.09. The largest absolute Gasteiger partial charge is 0.312 e. The molecule has 158 valence electrons. The van der Waals surface area contributed by atoms with Crippen molar-refractivity contribution >= 4 is 34.7 Å². The lowest BCUT2D eigenvalue weighted by molar-refractivity contribution is -0.119. The van der Waals surface area contributed by atoms with Gasteiger partial charge in [-0.1, -0.05) is 30.3 Å². The van der Waals surface area contributed by atoms with Crippen LogP contribution in [0.5, 0.6) is 0 Å². The van der Waals surface area contributed by atoms with E-state index in [1.165, 1.54) is 11.3 Å². The minimum atomic E-state index is -0.435. The van der Waals surface area contributed by atoms with Crippen LogP contribution in [0.2, 0.25) is 0 Å². The molecule has 31 heavy (non-hydrogen) atoms. The van der Waals surface area contributed by atoms with Crippen molar-refractivity contribution < 1.29 is 14.4 Å². The van der Waals surface area contributed by atoms with E-state index < -0.39 is 11.8 Å². The van der Waals surface area contributed by atoms with Crippen LogP contribution in [0.25, 0.3) is 10.6 Å². The second-order valence-electron chi connectivity index (χ2n) is 7.26. The molecule has 1 fully saturated rings. The van der Waals surface area contributed by atoms with Gasteiger partial charge in [-0.2, -0.15) is 0 Å². The number of aryl methyl sites for hydroxylation is 1. The topological polar surface area (TPSA) is 91.4 Å². The maximum atomic E-state index is 12.5. The van der Waals surface area contributed by atoms with Crippen LogP contribution in [-0.2, 0) is 4.79 Å². The van der Waals surface area contributed by atoms with E-state index in [1.807, 2.05) is 30.3 Å². The number of rotatable bonds is 4. The van der Waals surface area contributed by atoms with Crippen LogP contribution in [0.15, 0.2) is 54.6 Å². The van der Waals surface area contributed by atoms with Crippen molar-refractivity contribution in [1.82, 2.24) is 15.8 Å². The Kier molecular flexibility index (Phi) is 6.08. The Bertz CT molecular complexity index is 1110. The van der Waals surface area contributed by atoms with E-state index in [4.69, 9.17) is 0 Å². The quantitative estimate of drug-likeness (QED) is 0.613. The van der Waals surface area contributed by atoms with Gasteiger partial charge in [0.2, 0.25) is 5.91 Å². The zero-order valence-electron chi connectivity index (χ0n) is 17.1. The summed E-state index contributed by atoms with van der Waals surface area (Å²) in [5.74, 6) is -0.748. The number of nitrogens with zero attached hydrogens (tertiary/aromatic N) is 2. The van der Waals surface area contributed by atoms with E-state index in [-0.39, 0.29) is 5.91 Å². The van der Waals surface area contributed by atoms with Crippen molar-refractivity contribution in [3.8, 4) is 10.6 Å².